The third-order valence-electron chi connectivity index (χ3n) is 3.00. The molecule has 0 atom stereocenters. The molecule has 0 fully saturated rings. The van der Waals surface area contributed by atoms with E-state index in [2.05, 4.69) is 17.1 Å². The molecule has 1 aromatic heterocycles. The van der Waals surface area contributed by atoms with Crippen molar-refractivity contribution in [2.75, 3.05) is 6.61 Å². The van der Waals surface area contributed by atoms with E-state index in [0.29, 0.717) is 17.8 Å². The number of hydrogen-bond donors (Lipinski definition) is 2. The Morgan fingerprint density at radius 1 is 1.05 bits per heavy atom. The molecule has 0 aliphatic heterocycles. The predicted octanol–water partition coefficient (Wildman–Crippen LogP) is 1.16. The Labute approximate surface area is 119 Å². The molecule has 0 saturated heterocycles. The van der Waals surface area contributed by atoms with Gasteiger partial charge in [0.15, 0.2) is 0 Å². The Kier molecular flexibility index (Phi) is 5.59. The summed E-state index contributed by atoms with van der Waals surface area (Å²) in [5, 5.41) is 18.1. The Bertz CT molecular complexity index is 520. The fraction of sp³-hybridized carbons (Fsp3) is 0.267. The van der Waals surface area contributed by atoms with E-state index in [0.717, 1.165) is 19.3 Å². The van der Waals surface area contributed by atoms with Crippen molar-refractivity contribution in [2.45, 2.75) is 19.3 Å². The number of unbranched alkanes of at least 4 members (excludes halogenated alkanes) is 1. The molecule has 0 amide bonds. The van der Waals surface area contributed by atoms with Crippen LogP contribution in [-0.4, -0.2) is 28.8 Å². The van der Waals surface area contributed by atoms with Crippen LogP contribution in [0.2, 0.25) is 0 Å². The van der Waals surface area contributed by atoms with Gasteiger partial charge >= 0.3 is 7.12 Å². The maximum absolute atomic E-state index is 9.04. The highest BCUT2D eigenvalue weighted by molar-refractivity contribution is 6.58. The molecule has 2 aromatic rings. The van der Waals surface area contributed by atoms with Gasteiger partial charge in [0.25, 0.3) is 0 Å². The summed E-state index contributed by atoms with van der Waals surface area (Å²) in [6.07, 6.45) is 6.02. The van der Waals surface area contributed by atoms with Crippen LogP contribution >= 0.6 is 0 Å². The molecule has 104 valence electrons. The largest absolute Gasteiger partial charge is 0.492 e. The summed E-state index contributed by atoms with van der Waals surface area (Å²) in [5.41, 5.74) is 1.67. The summed E-state index contributed by atoms with van der Waals surface area (Å²) < 4.78 is 5.55. The molecule has 0 spiro atoms. The van der Waals surface area contributed by atoms with Crippen LogP contribution in [0.5, 0.6) is 5.75 Å². The van der Waals surface area contributed by atoms with E-state index >= 15 is 0 Å². The van der Waals surface area contributed by atoms with Crippen LogP contribution in [0.4, 0.5) is 0 Å². The van der Waals surface area contributed by atoms with Crippen LogP contribution in [-0.2, 0) is 6.42 Å². The fourth-order valence-corrected chi connectivity index (χ4v) is 1.92. The zero-order valence-electron chi connectivity index (χ0n) is 11.3. The first-order chi connectivity index (χ1) is 9.75. The van der Waals surface area contributed by atoms with E-state index in [1.54, 1.807) is 12.3 Å². The van der Waals surface area contributed by atoms with Crippen molar-refractivity contribution in [3.8, 4) is 5.75 Å². The van der Waals surface area contributed by atoms with Gasteiger partial charge in [-0.15, -0.1) is 0 Å². The summed E-state index contributed by atoms with van der Waals surface area (Å²) >= 11 is 0. The summed E-state index contributed by atoms with van der Waals surface area (Å²) in [6, 6.07) is 11.9. The first-order valence-electron chi connectivity index (χ1n) is 6.73. The zero-order valence-corrected chi connectivity index (χ0v) is 11.3. The van der Waals surface area contributed by atoms with Crippen LogP contribution in [0.15, 0.2) is 48.8 Å². The average molecular weight is 271 g/mol. The molecular weight excluding hydrogens is 253 g/mol. The lowest BCUT2D eigenvalue weighted by Gasteiger charge is -2.07. The second-order valence-corrected chi connectivity index (χ2v) is 4.62. The third kappa shape index (κ3) is 4.68. The van der Waals surface area contributed by atoms with E-state index < -0.39 is 7.12 Å². The van der Waals surface area contributed by atoms with Gasteiger partial charge in [0, 0.05) is 11.7 Å². The molecule has 0 saturated carbocycles. The van der Waals surface area contributed by atoms with Crippen molar-refractivity contribution in [3.63, 3.8) is 0 Å². The van der Waals surface area contributed by atoms with Crippen LogP contribution in [0, 0.1) is 0 Å². The van der Waals surface area contributed by atoms with E-state index in [-0.39, 0.29) is 0 Å². The predicted molar refractivity (Wildman–Crippen MR) is 78.9 cm³/mol. The van der Waals surface area contributed by atoms with Crippen LogP contribution in [0.3, 0.4) is 0 Å². The Balaban J connectivity index is 1.69. The molecule has 2 rings (SSSR count). The van der Waals surface area contributed by atoms with Gasteiger partial charge in [0.2, 0.25) is 0 Å². The van der Waals surface area contributed by atoms with Crippen LogP contribution < -0.4 is 10.2 Å². The van der Waals surface area contributed by atoms with Crippen molar-refractivity contribution >= 4 is 12.6 Å². The van der Waals surface area contributed by atoms with Crippen molar-refractivity contribution in [3.05, 3.63) is 54.4 Å². The Morgan fingerprint density at radius 2 is 1.85 bits per heavy atom. The number of ether oxygens (including phenoxy) is 1. The SMILES string of the molecule is OB(O)c1cncc(OCCCCc2ccccc2)c1. The molecule has 2 N–H and O–H groups in total. The highest BCUT2D eigenvalue weighted by Crippen LogP contribution is 2.08. The number of rotatable bonds is 7. The van der Waals surface area contributed by atoms with Crippen molar-refractivity contribution in [2.24, 2.45) is 0 Å². The summed E-state index contributed by atoms with van der Waals surface area (Å²) in [7, 11) is -1.51. The van der Waals surface area contributed by atoms with Gasteiger partial charge in [-0.1, -0.05) is 30.3 Å². The van der Waals surface area contributed by atoms with Crippen molar-refractivity contribution in [1.29, 1.82) is 0 Å². The Morgan fingerprint density at radius 3 is 2.60 bits per heavy atom. The van der Waals surface area contributed by atoms with Gasteiger partial charge in [-0.05, 0) is 30.9 Å². The number of aromatic nitrogens is 1. The lowest BCUT2D eigenvalue weighted by Crippen LogP contribution is -2.30. The summed E-state index contributed by atoms with van der Waals surface area (Å²) in [6.45, 7) is 0.597. The molecule has 1 aromatic carbocycles. The molecule has 5 heteroatoms. The lowest BCUT2D eigenvalue weighted by atomic mass is 9.82. The smallest absolute Gasteiger partial charge is 0.490 e. The minimum absolute atomic E-state index is 0.340. The number of aryl methyl sites for hydroxylation is 1. The molecule has 0 aliphatic rings. The quantitative estimate of drug-likeness (QED) is 0.586. The minimum Gasteiger partial charge on any atom is -0.492 e. The zero-order chi connectivity index (χ0) is 14.2. The fourth-order valence-electron chi connectivity index (χ4n) is 1.92. The molecular formula is C15H18BNO3. The molecule has 0 unspecified atom stereocenters. The number of nitrogens with zero attached hydrogens (tertiary/aromatic N) is 1. The van der Waals surface area contributed by atoms with Crippen LogP contribution in [0.1, 0.15) is 18.4 Å². The van der Waals surface area contributed by atoms with Gasteiger partial charge in [-0.25, -0.2) is 0 Å². The number of pyridine rings is 1. The van der Waals surface area contributed by atoms with Crippen molar-refractivity contribution in [1.82, 2.24) is 4.98 Å². The highest BCUT2D eigenvalue weighted by Gasteiger charge is 2.11. The summed E-state index contributed by atoms with van der Waals surface area (Å²) in [5.74, 6) is 0.565. The van der Waals surface area contributed by atoms with Gasteiger partial charge in [0.05, 0.1) is 12.8 Å². The van der Waals surface area contributed by atoms with E-state index in [9.17, 15) is 0 Å². The second kappa shape index (κ2) is 7.67. The molecule has 1 heterocycles. The lowest BCUT2D eigenvalue weighted by molar-refractivity contribution is 0.306. The molecule has 0 bridgehead atoms. The monoisotopic (exact) mass is 271 g/mol. The molecule has 20 heavy (non-hydrogen) atoms. The van der Waals surface area contributed by atoms with Gasteiger partial charge < -0.3 is 14.8 Å². The highest BCUT2D eigenvalue weighted by atomic mass is 16.5. The topological polar surface area (TPSA) is 62.6 Å². The Hall–Kier alpha value is -1.85. The van der Waals surface area contributed by atoms with Crippen LogP contribution in [0.25, 0.3) is 0 Å². The third-order valence-corrected chi connectivity index (χ3v) is 3.00. The second-order valence-electron chi connectivity index (χ2n) is 4.62. The first kappa shape index (κ1) is 14.6. The van der Waals surface area contributed by atoms with Gasteiger partial charge in [-0.2, -0.15) is 0 Å². The molecule has 4 nitrogen and oxygen atoms in total. The summed E-state index contributed by atoms with van der Waals surface area (Å²) in [4.78, 5) is 3.91. The van der Waals surface area contributed by atoms with E-state index in [1.165, 1.54) is 11.8 Å². The normalized spacial score (nSPS) is 10.3. The molecule has 0 aliphatic carbocycles. The van der Waals surface area contributed by atoms with Gasteiger partial charge in [-0.3, -0.25) is 4.98 Å². The standard InChI is InChI=1S/C15H18BNO3/c18-16(19)14-10-15(12-17-11-14)20-9-5-4-8-13-6-2-1-3-7-13/h1-3,6-7,10-12,18-19H,4-5,8-9H2. The van der Waals surface area contributed by atoms with Crippen molar-refractivity contribution < 1.29 is 14.8 Å². The minimum atomic E-state index is -1.51. The molecule has 0 radical (unpaired) electrons. The van der Waals surface area contributed by atoms with E-state index in [4.69, 9.17) is 14.8 Å². The van der Waals surface area contributed by atoms with E-state index in [1.807, 2.05) is 18.2 Å². The maximum atomic E-state index is 9.04. The maximum Gasteiger partial charge on any atom is 0.490 e. The number of hydrogen-bond acceptors (Lipinski definition) is 4. The average Bonchev–Trinajstić information content (AvgIpc) is 2.48. The van der Waals surface area contributed by atoms with Gasteiger partial charge in [0.1, 0.15) is 5.75 Å². The number of benzene rings is 1. The first-order valence-corrected chi connectivity index (χ1v) is 6.73.